The monoisotopic (exact) mass is 179 g/mol. The second kappa shape index (κ2) is 3.92. The van der Waals surface area contributed by atoms with Crippen molar-refractivity contribution in [3.63, 3.8) is 0 Å². The average Bonchev–Trinajstić information content (AvgIpc) is 2.71. The second-order valence-corrected chi connectivity index (χ2v) is 3.65. The van der Waals surface area contributed by atoms with Gasteiger partial charge in [0.05, 0.1) is 6.04 Å². The first-order valence-corrected chi connectivity index (χ1v) is 5.11. The largest absolute Gasteiger partial charge is 0.303 e. The van der Waals surface area contributed by atoms with Crippen molar-refractivity contribution in [1.29, 1.82) is 0 Å². The van der Waals surface area contributed by atoms with Crippen LogP contribution in [0.25, 0.3) is 0 Å². The van der Waals surface area contributed by atoms with Crippen LogP contribution in [0.4, 0.5) is 0 Å². The SMILES string of the molecule is CCN1CCC(n2cccn2)CC1. The highest BCUT2D eigenvalue weighted by Gasteiger charge is 2.18. The van der Waals surface area contributed by atoms with E-state index in [1.807, 2.05) is 12.3 Å². The zero-order valence-electron chi connectivity index (χ0n) is 8.19. The van der Waals surface area contributed by atoms with Crippen molar-refractivity contribution in [1.82, 2.24) is 14.7 Å². The van der Waals surface area contributed by atoms with Gasteiger partial charge in [0.15, 0.2) is 0 Å². The molecule has 2 rings (SSSR count). The molecule has 0 saturated carbocycles. The average molecular weight is 179 g/mol. The van der Waals surface area contributed by atoms with E-state index in [2.05, 4.69) is 27.8 Å². The third-order valence-electron chi connectivity index (χ3n) is 2.90. The van der Waals surface area contributed by atoms with Crippen molar-refractivity contribution >= 4 is 0 Å². The predicted octanol–water partition coefficient (Wildman–Crippen LogP) is 1.54. The van der Waals surface area contributed by atoms with Crippen LogP contribution < -0.4 is 0 Å². The Morgan fingerprint density at radius 3 is 2.69 bits per heavy atom. The summed E-state index contributed by atoms with van der Waals surface area (Å²) in [6.45, 7) is 5.86. The fourth-order valence-corrected chi connectivity index (χ4v) is 2.00. The van der Waals surface area contributed by atoms with Crippen LogP contribution in [0, 0.1) is 0 Å². The van der Waals surface area contributed by atoms with Gasteiger partial charge in [-0.3, -0.25) is 4.68 Å². The van der Waals surface area contributed by atoms with Crippen molar-refractivity contribution in [2.75, 3.05) is 19.6 Å². The molecule has 0 atom stereocenters. The topological polar surface area (TPSA) is 21.1 Å². The van der Waals surface area contributed by atoms with Crippen LogP contribution in [0.3, 0.4) is 0 Å². The molecule has 3 nitrogen and oxygen atoms in total. The molecule has 1 aliphatic heterocycles. The summed E-state index contributed by atoms with van der Waals surface area (Å²) in [5.74, 6) is 0. The molecule has 0 spiro atoms. The molecule has 0 aromatic carbocycles. The van der Waals surface area contributed by atoms with Crippen molar-refractivity contribution in [3.05, 3.63) is 18.5 Å². The van der Waals surface area contributed by atoms with Gasteiger partial charge in [0.2, 0.25) is 0 Å². The summed E-state index contributed by atoms with van der Waals surface area (Å²) in [4.78, 5) is 2.50. The lowest BCUT2D eigenvalue weighted by Gasteiger charge is -2.30. The van der Waals surface area contributed by atoms with Crippen LogP contribution in [-0.2, 0) is 0 Å². The summed E-state index contributed by atoms with van der Waals surface area (Å²) in [5.41, 5.74) is 0. The van der Waals surface area contributed by atoms with E-state index in [-0.39, 0.29) is 0 Å². The second-order valence-electron chi connectivity index (χ2n) is 3.65. The Bertz CT molecular complexity index is 235. The van der Waals surface area contributed by atoms with Crippen LogP contribution in [-0.4, -0.2) is 34.3 Å². The van der Waals surface area contributed by atoms with E-state index >= 15 is 0 Å². The lowest BCUT2D eigenvalue weighted by Crippen LogP contribution is -2.34. The van der Waals surface area contributed by atoms with Crippen molar-refractivity contribution in [2.24, 2.45) is 0 Å². The lowest BCUT2D eigenvalue weighted by molar-refractivity contribution is 0.187. The molecular formula is C10H17N3. The van der Waals surface area contributed by atoms with E-state index < -0.39 is 0 Å². The normalized spacial score (nSPS) is 20.7. The molecule has 1 fully saturated rings. The van der Waals surface area contributed by atoms with Crippen LogP contribution in [0.1, 0.15) is 25.8 Å². The summed E-state index contributed by atoms with van der Waals surface area (Å²) in [5, 5.41) is 4.29. The van der Waals surface area contributed by atoms with Gasteiger partial charge >= 0.3 is 0 Å². The van der Waals surface area contributed by atoms with Crippen LogP contribution in [0.15, 0.2) is 18.5 Å². The fraction of sp³-hybridized carbons (Fsp3) is 0.700. The molecule has 0 N–H and O–H groups in total. The predicted molar refractivity (Wildman–Crippen MR) is 52.6 cm³/mol. The number of hydrogen-bond acceptors (Lipinski definition) is 2. The minimum atomic E-state index is 0.637. The third kappa shape index (κ3) is 1.91. The Morgan fingerprint density at radius 1 is 1.38 bits per heavy atom. The number of piperidine rings is 1. The van der Waals surface area contributed by atoms with E-state index in [4.69, 9.17) is 0 Å². The Kier molecular flexibility index (Phi) is 2.64. The first-order valence-electron chi connectivity index (χ1n) is 5.11. The summed E-state index contributed by atoms with van der Waals surface area (Å²) in [6, 6.07) is 2.64. The number of hydrogen-bond donors (Lipinski definition) is 0. The number of nitrogens with zero attached hydrogens (tertiary/aromatic N) is 3. The van der Waals surface area contributed by atoms with E-state index in [1.165, 1.54) is 32.5 Å². The Hall–Kier alpha value is -0.830. The zero-order valence-corrected chi connectivity index (χ0v) is 8.19. The molecule has 1 aliphatic rings. The Morgan fingerprint density at radius 2 is 2.15 bits per heavy atom. The molecule has 0 bridgehead atoms. The molecule has 1 saturated heterocycles. The van der Waals surface area contributed by atoms with Crippen LogP contribution in [0.2, 0.25) is 0 Å². The lowest BCUT2D eigenvalue weighted by atomic mass is 10.1. The molecule has 3 heteroatoms. The van der Waals surface area contributed by atoms with E-state index in [1.54, 1.807) is 0 Å². The molecule has 0 radical (unpaired) electrons. The number of likely N-dealkylation sites (tertiary alicyclic amines) is 1. The van der Waals surface area contributed by atoms with Crippen LogP contribution >= 0.6 is 0 Å². The number of rotatable bonds is 2. The van der Waals surface area contributed by atoms with Gasteiger partial charge in [-0.1, -0.05) is 6.92 Å². The maximum atomic E-state index is 4.29. The van der Waals surface area contributed by atoms with Gasteiger partial charge in [-0.15, -0.1) is 0 Å². The first-order chi connectivity index (χ1) is 6.40. The summed E-state index contributed by atoms with van der Waals surface area (Å²) >= 11 is 0. The van der Waals surface area contributed by atoms with Gasteiger partial charge in [-0.2, -0.15) is 5.10 Å². The Balaban J connectivity index is 1.92. The highest BCUT2D eigenvalue weighted by molar-refractivity contribution is 4.84. The molecule has 2 heterocycles. The molecule has 0 aliphatic carbocycles. The summed E-state index contributed by atoms with van der Waals surface area (Å²) in [6.07, 6.45) is 6.43. The van der Waals surface area contributed by atoms with E-state index in [0.29, 0.717) is 6.04 Å². The van der Waals surface area contributed by atoms with Gasteiger partial charge in [0, 0.05) is 25.5 Å². The zero-order chi connectivity index (χ0) is 9.10. The van der Waals surface area contributed by atoms with Crippen molar-refractivity contribution in [3.8, 4) is 0 Å². The van der Waals surface area contributed by atoms with E-state index in [0.717, 1.165) is 0 Å². The highest BCUT2D eigenvalue weighted by Crippen LogP contribution is 2.20. The van der Waals surface area contributed by atoms with Crippen molar-refractivity contribution < 1.29 is 0 Å². The minimum Gasteiger partial charge on any atom is -0.303 e. The minimum absolute atomic E-state index is 0.637. The van der Waals surface area contributed by atoms with Gasteiger partial charge in [0.25, 0.3) is 0 Å². The molecule has 13 heavy (non-hydrogen) atoms. The summed E-state index contributed by atoms with van der Waals surface area (Å²) < 4.78 is 2.10. The molecule has 0 amide bonds. The van der Waals surface area contributed by atoms with Gasteiger partial charge in [0.1, 0.15) is 0 Å². The van der Waals surface area contributed by atoms with Gasteiger partial charge in [-0.25, -0.2) is 0 Å². The molecule has 1 aromatic rings. The van der Waals surface area contributed by atoms with Gasteiger partial charge < -0.3 is 4.90 Å². The molecule has 72 valence electrons. The molecular weight excluding hydrogens is 162 g/mol. The number of aromatic nitrogens is 2. The highest BCUT2D eigenvalue weighted by atomic mass is 15.3. The van der Waals surface area contributed by atoms with Crippen molar-refractivity contribution in [2.45, 2.75) is 25.8 Å². The summed E-state index contributed by atoms with van der Waals surface area (Å²) in [7, 11) is 0. The quantitative estimate of drug-likeness (QED) is 0.686. The standard InChI is InChI=1S/C10H17N3/c1-2-12-8-4-10(5-9-12)13-7-3-6-11-13/h3,6-7,10H,2,4-5,8-9H2,1H3. The van der Waals surface area contributed by atoms with E-state index in [9.17, 15) is 0 Å². The fourth-order valence-electron chi connectivity index (χ4n) is 2.00. The maximum Gasteiger partial charge on any atom is 0.0543 e. The molecule has 1 aromatic heterocycles. The first kappa shape index (κ1) is 8.75. The maximum absolute atomic E-state index is 4.29. The van der Waals surface area contributed by atoms with Crippen LogP contribution in [0.5, 0.6) is 0 Å². The van der Waals surface area contributed by atoms with Gasteiger partial charge in [-0.05, 0) is 25.5 Å². The third-order valence-corrected chi connectivity index (χ3v) is 2.90. The Labute approximate surface area is 79.3 Å². The molecule has 0 unspecified atom stereocenters. The smallest absolute Gasteiger partial charge is 0.0543 e.